The third-order valence-corrected chi connectivity index (χ3v) is 21.8. The molecule has 4 heterocycles. The van der Waals surface area contributed by atoms with E-state index in [1.165, 1.54) is 55.3 Å². The van der Waals surface area contributed by atoms with E-state index in [0.29, 0.717) is 0 Å². The molecule has 0 fully saturated rings. The molecule has 18 aromatic rings. The topological polar surface area (TPSA) is 59.0 Å². The number of hydrogen-bond donors (Lipinski definition) is 0. The number of fused-ring (bicyclic) bond motifs is 22. The molecule has 2 aliphatic rings. The van der Waals surface area contributed by atoms with E-state index in [-0.39, 0.29) is 0 Å². The van der Waals surface area contributed by atoms with E-state index in [0.717, 1.165) is 133 Å². The number of furan rings is 4. The summed E-state index contributed by atoms with van der Waals surface area (Å²) < 4.78 is 27.2. The largest absolute Gasteiger partial charge is 0.456 e. The van der Waals surface area contributed by atoms with Crippen LogP contribution in [0.4, 0.5) is 34.1 Å². The van der Waals surface area contributed by atoms with E-state index >= 15 is 0 Å². The van der Waals surface area contributed by atoms with Crippen molar-refractivity contribution in [2.75, 3.05) is 9.80 Å². The van der Waals surface area contributed by atoms with Crippen molar-refractivity contribution in [3.63, 3.8) is 0 Å². The van der Waals surface area contributed by atoms with E-state index in [4.69, 9.17) is 17.7 Å². The van der Waals surface area contributed by atoms with Gasteiger partial charge in [-0.05, 0) is 151 Å². The van der Waals surface area contributed by atoms with Gasteiger partial charge in [-0.3, -0.25) is 0 Å². The Labute approximate surface area is 554 Å². The van der Waals surface area contributed by atoms with Gasteiger partial charge in [0.25, 0.3) is 0 Å². The van der Waals surface area contributed by atoms with Crippen LogP contribution in [0.25, 0.3) is 132 Å². The Kier molecular flexibility index (Phi) is 11.2. The van der Waals surface area contributed by atoms with E-state index in [1.807, 2.05) is 24.3 Å². The number of anilines is 6. The van der Waals surface area contributed by atoms with Gasteiger partial charge in [-0.15, -0.1) is 0 Å². The minimum absolute atomic E-state index is 0.508. The molecule has 0 saturated carbocycles. The summed E-state index contributed by atoms with van der Waals surface area (Å²) in [6.07, 6.45) is 0. The van der Waals surface area contributed by atoms with Crippen LogP contribution in [0.3, 0.4) is 0 Å². The first kappa shape index (κ1) is 54.9. The predicted octanol–water partition coefficient (Wildman–Crippen LogP) is 25.9. The van der Waals surface area contributed by atoms with Crippen LogP contribution in [-0.2, 0) is 10.8 Å². The number of nitrogens with zero attached hydrogens (tertiary/aromatic N) is 2. The predicted molar refractivity (Wildman–Crippen MR) is 398 cm³/mol. The second-order valence-corrected chi connectivity index (χ2v) is 28.6. The third kappa shape index (κ3) is 7.20. The molecule has 0 aliphatic heterocycles. The van der Waals surface area contributed by atoms with E-state index in [2.05, 4.69) is 306 Å². The molecule has 96 heavy (non-hydrogen) atoms. The summed E-state index contributed by atoms with van der Waals surface area (Å²) in [6, 6.07) is 103. The van der Waals surface area contributed by atoms with Gasteiger partial charge in [0.1, 0.15) is 44.7 Å². The zero-order valence-electron chi connectivity index (χ0n) is 54.1. The molecule has 0 spiro atoms. The lowest BCUT2D eigenvalue weighted by Gasteiger charge is -2.62. The zero-order valence-corrected chi connectivity index (χ0v) is 54.1. The van der Waals surface area contributed by atoms with Crippen LogP contribution in [0, 0.1) is 10.8 Å². The summed E-state index contributed by atoms with van der Waals surface area (Å²) in [5.74, 6) is 0. The molecule has 0 bridgehead atoms. The first-order chi connectivity index (χ1) is 46.9. The molecule has 6 heteroatoms. The highest BCUT2D eigenvalue weighted by Gasteiger charge is 2.71. The number of benzene rings is 14. The Morgan fingerprint density at radius 3 is 0.781 bits per heavy atom. The molecule has 4 aromatic heterocycles. The van der Waals surface area contributed by atoms with E-state index < -0.39 is 21.7 Å². The maximum absolute atomic E-state index is 6.81. The number of hydrogen-bond acceptors (Lipinski definition) is 6. The summed E-state index contributed by atoms with van der Waals surface area (Å²) in [4.78, 5) is 4.94. The lowest BCUT2D eigenvalue weighted by atomic mass is 9.39. The van der Waals surface area contributed by atoms with Crippen LogP contribution in [-0.4, -0.2) is 0 Å². The fourth-order valence-corrected chi connectivity index (χ4v) is 18.4. The SMILES string of the molecule is CC(C)(C)C1(C2(C(C)(C)C)c3ccccc3-c3c2cc(N(c2ccc4c(c2)oc2ccccc24)c2ccc4c(c2)oc2ccccc24)c2ccccc32)c2ccccc2-c2c1cc(N(c1ccc3c(c1)oc1ccccc13)c1ccc3c(c1)oc1ccccc13)c1ccccc21. The lowest BCUT2D eigenvalue weighted by Crippen LogP contribution is -2.62. The minimum Gasteiger partial charge on any atom is -0.456 e. The third-order valence-electron chi connectivity index (χ3n) is 21.8. The molecular weight excluding hydrogens is 1170 g/mol. The van der Waals surface area contributed by atoms with Gasteiger partial charge >= 0.3 is 0 Å². The number of para-hydroxylation sites is 4. The highest BCUT2D eigenvalue weighted by atomic mass is 16.3. The van der Waals surface area contributed by atoms with Crippen molar-refractivity contribution in [1.82, 2.24) is 0 Å². The molecule has 0 amide bonds. The van der Waals surface area contributed by atoms with Crippen LogP contribution in [0.2, 0.25) is 0 Å². The van der Waals surface area contributed by atoms with Gasteiger partial charge in [0.05, 0.1) is 11.4 Å². The first-order valence-corrected chi connectivity index (χ1v) is 33.5. The average Bonchev–Trinajstić information content (AvgIpc) is 1.44. The summed E-state index contributed by atoms with van der Waals surface area (Å²) in [7, 11) is 0. The normalized spacial score (nSPS) is 16.1. The highest BCUT2D eigenvalue weighted by Crippen LogP contribution is 2.76. The smallest absolute Gasteiger partial charge is 0.137 e. The number of rotatable bonds is 7. The molecule has 0 radical (unpaired) electrons. The minimum atomic E-state index is -0.813. The van der Waals surface area contributed by atoms with E-state index in [1.54, 1.807) is 0 Å². The summed E-state index contributed by atoms with van der Waals surface area (Å²) in [5.41, 5.74) is 20.3. The fraction of sp³-hybridized carbons (Fsp3) is 0.111. The molecule has 458 valence electrons. The molecule has 14 aromatic carbocycles. The van der Waals surface area contributed by atoms with Crippen molar-refractivity contribution in [1.29, 1.82) is 0 Å². The maximum Gasteiger partial charge on any atom is 0.137 e. The van der Waals surface area contributed by atoms with Crippen LogP contribution in [0.1, 0.15) is 63.8 Å². The van der Waals surface area contributed by atoms with Gasteiger partial charge in [0, 0.05) is 112 Å². The monoisotopic (exact) mass is 1240 g/mol. The van der Waals surface area contributed by atoms with Gasteiger partial charge in [-0.1, -0.05) is 211 Å². The zero-order chi connectivity index (χ0) is 64.1. The molecule has 2 unspecified atom stereocenters. The molecule has 0 saturated heterocycles. The second kappa shape index (κ2) is 19.5. The quantitative estimate of drug-likeness (QED) is 0.158. The van der Waals surface area contributed by atoms with Gasteiger partial charge in [0.2, 0.25) is 0 Å². The van der Waals surface area contributed by atoms with E-state index in [9.17, 15) is 0 Å². The van der Waals surface area contributed by atoms with Crippen LogP contribution < -0.4 is 9.80 Å². The van der Waals surface area contributed by atoms with Crippen LogP contribution >= 0.6 is 0 Å². The summed E-state index contributed by atoms with van der Waals surface area (Å²) >= 11 is 0. The van der Waals surface area contributed by atoms with Gasteiger partial charge < -0.3 is 27.5 Å². The molecule has 2 atom stereocenters. The van der Waals surface area contributed by atoms with Crippen molar-refractivity contribution < 1.29 is 17.7 Å². The van der Waals surface area contributed by atoms with Crippen molar-refractivity contribution in [3.8, 4) is 22.3 Å². The van der Waals surface area contributed by atoms with Crippen LogP contribution in [0.15, 0.2) is 297 Å². The fourth-order valence-electron chi connectivity index (χ4n) is 18.4. The Morgan fingerprint density at radius 1 is 0.229 bits per heavy atom. The highest BCUT2D eigenvalue weighted by molar-refractivity contribution is 6.16. The van der Waals surface area contributed by atoms with Gasteiger partial charge in [-0.2, -0.15) is 0 Å². The molecule has 2 aliphatic carbocycles. The van der Waals surface area contributed by atoms with Crippen molar-refractivity contribution in [2.24, 2.45) is 10.8 Å². The van der Waals surface area contributed by atoms with Crippen molar-refractivity contribution in [3.05, 3.63) is 301 Å². The van der Waals surface area contributed by atoms with Crippen molar-refractivity contribution >= 4 is 143 Å². The summed E-state index contributed by atoms with van der Waals surface area (Å²) in [6.45, 7) is 15.1. The Bertz CT molecular complexity index is 5740. The van der Waals surface area contributed by atoms with Gasteiger partial charge in [-0.25, -0.2) is 0 Å². The average molecular weight is 1240 g/mol. The molecule has 6 nitrogen and oxygen atoms in total. The first-order valence-electron chi connectivity index (χ1n) is 33.5. The van der Waals surface area contributed by atoms with Crippen molar-refractivity contribution in [2.45, 2.75) is 52.4 Å². The molecular formula is C90H64N2O4. The second-order valence-electron chi connectivity index (χ2n) is 28.6. The maximum atomic E-state index is 6.81. The Balaban J connectivity index is 0.916. The standard InChI is InChI=1S/C90H64N2O4/c1-87(2,3)89(71-33-17-11-31-69(71)85-67-29-9-7-23-57(67)75(51-73(85)89)91(53-39-43-63-59-25-13-19-35-77(59)93-81(63)47-53)54-40-44-64-60-26-14-20-36-78(60)94-82(64)48-54)90(88(4,5)6)72-34-18-12-32-70(72)86-68-30-10-8-24-58(68)76(52-74(86)90)92(55-41-45-65-61-27-15-21-37-79(61)95-83(65)49-55)56-42-46-66-62-28-16-22-38-80(62)96-84(66)50-56/h7-52H,1-6H3. The molecule has 20 rings (SSSR count). The Morgan fingerprint density at radius 2 is 0.479 bits per heavy atom. The van der Waals surface area contributed by atoms with Gasteiger partial charge in [0.15, 0.2) is 0 Å². The summed E-state index contributed by atoms with van der Waals surface area (Å²) in [5, 5.41) is 13.3. The lowest BCUT2D eigenvalue weighted by molar-refractivity contribution is 0.0595. The molecule has 0 N–H and O–H groups in total. The Hall–Kier alpha value is -11.6. The van der Waals surface area contributed by atoms with Crippen LogP contribution in [0.5, 0.6) is 0 Å².